The fraction of sp³-hybridized carbons (Fsp3) is 0.267. The van der Waals surface area contributed by atoms with Crippen LogP contribution in [0.25, 0.3) is 16.2 Å². The third-order valence-electron chi connectivity index (χ3n) is 3.10. The summed E-state index contributed by atoms with van der Waals surface area (Å²) < 4.78 is 3.06. The van der Waals surface area contributed by atoms with Crippen molar-refractivity contribution in [3.63, 3.8) is 0 Å². The van der Waals surface area contributed by atoms with Crippen LogP contribution in [0.5, 0.6) is 0 Å². The molecule has 0 saturated heterocycles. The van der Waals surface area contributed by atoms with Gasteiger partial charge in [0.15, 0.2) is 4.96 Å². The van der Waals surface area contributed by atoms with Crippen LogP contribution in [-0.4, -0.2) is 35.0 Å². The number of halogens is 2. The molecule has 0 fully saturated rings. The first-order valence-electron chi connectivity index (χ1n) is 6.45. The molecule has 3 aromatic rings. The van der Waals surface area contributed by atoms with E-state index in [1.54, 1.807) is 11.3 Å². The normalized spacial score (nSPS) is 11.6. The molecule has 21 heavy (non-hydrogen) atoms. The molecular weight excluding hydrogens is 417 g/mol. The lowest BCUT2D eigenvalue weighted by Gasteiger charge is -2.24. The van der Waals surface area contributed by atoms with Gasteiger partial charge in [0.05, 0.1) is 26.8 Å². The zero-order valence-corrected chi connectivity index (χ0v) is 15.9. The summed E-state index contributed by atoms with van der Waals surface area (Å²) in [5.41, 5.74) is 3.42. The maximum absolute atomic E-state index is 5.98. The van der Waals surface area contributed by atoms with Crippen LogP contribution in [0, 0.1) is 0 Å². The largest absolute Gasteiger partial charge is 1.00 e. The SMILES string of the molecule is C[N+](C)(C)Cc1c(-c2ccc(Cl)cc2)nc2sccn12.[I-]. The zero-order chi connectivity index (χ0) is 14.3. The van der Waals surface area contributed by atoms with Gasteiger partial charge in [0.25, 0.3) is 0 Å². The van der Waals surface area contributed by atoms with Gasteiger partial charge in [0, 0.05) is 22.2 Å². The molecule has 112 valence electrons. The molecule has 0 aliphatic carbocycles. The van der Waals surface area contributed by atoms with E-state index in [4.69, 9.17) is 16.6 Å². The molecule has 3 rings (SSSR count). The Labute approximate surface area is 150 Å². The van der Waals surface area contributed by atoms with Gasteiger partial charge in [-0.05, 0) is 12.1 Å². The number of rotatable bonds is 3. The van der Waals surface area contributed by atoms with Crippen LogP contribution in [0.1, 0.15) is 5.69 Å². The minimum absolute atomic E-state index is 0. The lowest BCUT2D eigenvalue weighted by molar-refractivity contribution is -0.884. The molecule has 0 radical (unpaired) electrons. The van der Waals surface area contributed by atoms with Crippen LogP contribution in [0.4, 0.5) is 0 Å². The molecular formula is C15H17ClIN3S. The predicted octanol–water partition coefficient (Wildman–Crippen LogP) is 0.926. The zero-order valence-electron chi connectivity index (χ0n) is 12.2. The molecule has 0 spiro atoms. The molecule has 1 aromatic carbocycles. The van der Waals surface area contributed by atoms with E-state index in [2.05, 4.69) is 37.1 Å². The summed E-state index contributed by atoms with van der Waals surface area (Å²) in [6, 6.07) is 7.90. The first-order chi connectivity index (χ1) is 9.44. The smallest absolute Gasteiger partial charge is 0.194 e. The first kappa shape index (κ1) is 16.7. The van der Waals surface area contributed by atoms with E-state index >= 15 is 0 Å². The van der Waals surface area contributed by atoms with Crippen LogP contribution in [-0.2, 0) is 6.54 Å². The van der Waals surface area contributed by atoms with Gasteiger partial charge in [-0.2, -0.15) is 0 Å². The number of quaternary nitrogens is 1. The monoisotopic (exact) mass is 433 g/mol. The summed E-state index contributed by atoms with van der Waals surface area (Å²) in [5, 5.41) is 2.83. The van der Waals surface area contributed by atoms with Gasteiger partial charge in [-0.25, -0.2) is 4.98 Å². The van der Waals surface area contributed by atoms with Crippen molar-refractivity contribution in [3.05, 3.63) is 46.6 Å². The van der Waals surface area contributed by atoms with E-state index in [9.17, 15) is 0 Å². The highest BCUT2D eigenvalue weighted by Gasteiger charge is 2.20. The van der Waals surface area contributed by atoms with Crippen molar-refractivity contribution in [2.45, 2.75) is 6.54 Å². The molecule has 0 saturated carbocycles. The molecule has 0 aliphatic heterocycles. The maximum Gasteiger partial charge on any atom is 0.194 e. The van der Waals surface area contributed by atoms with Crippen LogP contribution in [0.3, 0.4) is 0 Å². The molecule has 2 heterocycles. The second-order valence-electron chi connectivity index (χ2n) is 5.92. The number of thiazole rings is 1. The number of benzene rings is 1. The van der Waals surface area contributed by atoms with Gasteiger partial charge in [-0.15, -0.1) is 11.3 Å². The van der Waals surface area contributed by atoms with E-state index in [1.165, 1.54) is 5.69 Å². The minimum atomic E-state index is 0. The number of imidazole rings is 1. The summed E-state index contributed by atoms with van der Waals surface area (Å²) in [7, 11) is 6.58. The fourth-order valence-electron chi connectivity index (χ4n) is 2.27. The van der Waals surface area contributed by atoms with Crippen molar-refractivity contribution < 1.29 is 28.5 Å². The Hall–Kier alpha value is -0.630. The second-order valence-corrected chi connectivity index (χ2v) is 7.23. The van der Waals surface area contributed by atoms with E-state index in [-0.39, 0.29) is 24.0 Å². The third-order valence-corrected chi connectivity index (χ3v) is 4.11. The van der Waals surface area contributed by atoms with Gasteiger partial charge in [0.2, 0.25) is 0 Å². The van der Waals surface area contributed by atoms with E-state index in [0.717, 1.165) is 32.3 Å². The summed E-state index contributed by atoms with van der Waals surface area (Å²) >= 11 is 7.64. The lowest BCUT2D eigenvalue weighted by atomic mass is 10.1. The molecule has 0 unspecified atom stereocenters. The number of aromatic nitrogens is 2. The number of nitrogens with zero attached hydrogens (tertiary/aromatic N) is 3. The Morgan fingerprint density at radius 3 is 2.48 bits per heavy atom. The predicted molar refractivity (Wildman–Crippen MR) is 85.3 cm³/mol. The third kappa shape index (κ3) is 3.59. The van der Waals surface area contributed by atoms with Gasteiger partial charge < -0.3 is 28.5 Å². The molecule has 0 aliphatic rings. The van der Waals surface area contributed by atoms with Crippen molar-refractivity contribution >= 4 is 27.9 Å². The average molecular weight is 434 g/mol. The fourth-order valence-corrected chi connectivity index (χ4v) is 3.13. The van der Waals surface area contributed by atoms with Gasteiger partial charge >= 0.3 is 0 Å². The summed E-state index contributed by atoms with van der Waals surface area (Å²) in [6.07, 6.45) is 2.09. The Bertz CT molecular complexity index is 740. The molecule has 0 amide bonds. The van der Waals surface area contributed by atoms with Crippen LogP contribution in [0.15, 0.2) is 35.8 Å². The highest BCUT2D eigenvalue weighted by molar-refractivity contribution is 7.15. The Kier molecular flexibility index (Phi) is 4.97. The first-order valence-corrected chi connectivity index (χ1v) is 7.71. The number of fused-ring (bicyclic) bond motifs is 1. The molecule has 0 bridgehead atoms. The summed E-state index contributed by atoms with van der Waals surface area (Å²) in [4.78, 5) is 5.83. The van der Waals surface area contributed by atoms with Crippen LogP contribution in [0.2, 0.25) is 5.02 Å². The maximum atomic E-state index is 5.98. The van der Waals surface area contributed by atoms with Gasteiger partial charge in [-0.1, -0.05) is 23.7 Å². The molecule has 0 atom stereocenters. The number of hydrogen-bond donors (Lipinski definition) is 0. The van der Waals surface area contributed by atoms with Crippen molar-refractivity contribution in [1.29, 1.82) is 0 Å². The molecule has 3 nitrogen and oxygen atoms in total. The molecule has 0 N–H and O–H groups in total. The van der Waals surface area contributed by atoms with Crippen molar-refractivity contribution in [2.75, 3.05) is 21.1 Å². The average Bonchev–Trinajstić information content (AvgIpc) is 2.92. The van der Waals surface area contributed by atoms with Crippen LogP contribution < -0.4 is 24.0 Å². The summed E-state index contributed by atoms with van der Waals surface area (Å²) in [6.45, 7) is 0.926. The Balaban J connectivity index is 0.00000161. The van der Waals surface area contributed by atoms with Crippen molar-refractivity contribution in [3.8, 4) is 11.3 Å². The topological polar surface area (TPSA) is 17.3 Å². The summed E-state index contributed by atoms with van der Waals surface area (Å²) in [5.74, 6) is 0. The minimum Gasteiger partial charge on any atom is -1.00 e. The number of hydrogen-bond acceptors (Lipinski definition) is 2. The molecule has 6 heteroatoms. The lowest BCUT2D eigenvalue weighted by Crippen LogP contribution is -3.00. The quantitative estimate of drug-likeness (QED) is 0.444. The highest BCUT2D eigenvalue weighted by Crippen LogP contribution is 2.29. The van der Waals surface area contributed by atoms with E-state index in [1.807, 2.05) is 24.3 Å². The van der Waals surface area contributed by atoms with Gasteiger partial charge in [0.1, 0.15) is 12.2 Å². The van der Waals surface area contributed by atoms with Crippen molar-refractivity contribution in [2.24, 2.45) is 0 Å². The molecule has 2 aromatic heterocycles. The van der Waals surface area contributed by atoms with Crippen molar-refractivity contribution in [1.82, 2.24) is 9.38 Å². The van der Waals surface area contributed by atoms with E-state index in [0.29, 0.717) is 0 Å². The highest BCUT2D eigenvalue weighted by atomic mass is 127. The standard InChI is InChI=1S/C15H17ClN3S.HI/c1-19(2,3)10-13-14(11-4-6-12(16)7-5-11)17-15-18(13)8-9-20-15;/h4-9H,10H2,1-3H3;1H/q+1;/p-1. The Morgan fingerprint density at radius 2 is 1.86 bits per heavy atom. The second kappa shape index (κ2) is 6.24. The van der Waals surface area contributed by atoms with Crippen LogP contribution >= 0.6 is 22.9 Å². The Morgan fingerprint density at radius 1 is 1.19 bits per heavy atom. The van der Waals surface area contributed by atoms with E-state index < -0.39 is 0 Å². The van der Waals surface area contributed by atoms with Gasteiger partial charge in [-0.3, -0.25) is 4.40 Å².